The van der Waals surface area contributed by atoms with E-state index in [-0.39, 0.29) is 0 Å². The van der Waals surface area contributed by atoms with Gasteiger partial charge in [-0.3, -0.25) is 0 Å². The Morgan fingerprint density at radius 1 is 1.28 bits per heavy atom. The van der Waals surface area contributed by atoms with E-state index in [9.17, 15) is 0 Å². The summed E-state index contributed by atoms with van der Waals surface area (Å²) in [7, 11) is 0. The molecule has 0 spiro atoms. The van der Waals surface area contributed by atoms with E-state index >= 15 is 0 Å². The van der Waals surface area contributed by atoms with E-state index < -0.39 is 0 Å². The van der Waals surface area contributed by atoms with Gasteiger partial charge in [-0.1, -0.05) is 27.2 Å². The molecule has 0 radical (unpaired) electrons. The minimum Gasteiger partial charge on any atom is -0.334 e. The van der Waals surface area contributed by atoms with Crippen LogP contribution in [0.15, 0.2) is 27.2 Å². The van der Waals surface area contributed by atoms with E-state index in [0.29, 0.717) is 11.8 Å². The molecular weight excluding hydrogens is 292 g/mol. The first-order valence-corrected chi connectivity index (χ1v) is 6.92. The summed E-state index contributed by atoms with van der Waals surface area (Å²) in [5.41, 5.74) is 3.69. The van der Waals surface area contributed by atoms with Gasteiger partial charge in [0.1, 0.15) is 0 Å². The molecule has 3 nitrogen and oxygen atoms in total. The molecule has 2 aliphatic rings. The van der Waals surface area contributed by atoms with Crippen molar-refractivity contribution in [3.05, 3.63) is 45.5 Å². The quantitative estimate of drug-likeness (QED) is 0.847. The van der Waals surface area contributed by atoms with Crippen molar-refractivity contribution in [2.24, 2.45) is 0 Å². The second-order valence-corrected chi connectivity index (χ2v) is 5.84. The molecule has 90 valence electrons. The van der Waals surface area contributed by atoms with Crippen LogP contribution in [0.4, 0.5) is 0 Å². The second kappa shape index (κ2) is 3.79. The lowest BCUT2D eigenvalue weighted by Gasteiger charge is -1.97. The van der Waals surface area contributed by atoms with Gasteiger partial charge < -0.3 is 4.52 Å². The molecule has 0 N–H and O–H groups in total. The molecule has 1 fully saturated rings. The molecule has 1 heterocycles. The standard InChI is InChI=1S/C14H11BrN2O/c15-12-4-3-9-5-11(6-10(9)7-12)14-16-13(17-18-14)8-1-2-8/h3-4,6-8H,1-2,5H2. The average Bonchev–Trinajstić information content (AvgIpc) is 2.95. The van der Waals surface area contributed by atoms with Gasteiger partial charge >= 0.3 is 0 Å². The first-order valence-electron chi connectivity index (χ1n) is 6.12. The van der Waals surface area contributed by atoms with Crippen LogP contribution in [0.2, 0.25) is 0 Å². The summed E-state index contributed by atoms with van der Waals surface area (Å²) in [4.78, 5) is 4.50. The third kappa shape index (κ3) is 1.72. The zero-order valence-electron chi connectivity index (χ0n) is 9.69. The van der Waals surface area contributed by atoms with E-state index in [2.05, 4.69) is 50.3 Å². The monoisotopic (exact) mass is 302 g/mol. The van der Waals surface area contributed by atoms with Crippen molar-refractivity contribution in [2.45, 2.75) is 25.2 Å². The molecule has 0 bridgehead atoms. The van der Waals surface area contributed by atoms with E-state index in [0.717, 1.165) is 22.3 Å². The predicted molar refractivity (Wildman–Crippen MR) is 72.0 cm³/mol. The van der Waals surface area contributed by atoms with Gasteiger partial charge in [-0.2, -0.15) is 4.98 Å². The molecule has 0 atom stereocenters. The zero-order chi connectivity index (χ0) is 12.1. The topological polar surface area (TPSA) is 38.9 Å². The Morgan fingerprint density at radius 2 is 2.17 bits per heavy atom. The van der Waals surface area contributed by atoms with Crippen LogP contribution in [-0.2, 0) is 6.42 Å². The fourth-order valence-electron chi connectivity index (χ4n) is 2.32. The van der Waals surface area contributed by atoms with Crippen molar-refractivity contribution < 1.29 is 4.52 Å². The largest absolute Gasteiger partial charge is 0.334 e. The normalized spacial score (nSPS) is 17.7. The molecule has 1 saturated carbocycles. The molecule has 2 aromatic rings. The summed E-state index contributed by atoms with van der Waals surface area (Å²) in [5, 5.41) is 4.07. The fraction of sp³-hybridized carbons (Fsp3) is 0.286. The number of allylic oxidation sites excluding steroid dienone is 1. The summed E-state index contributed by atoms with van der Waals surface area (Å²) < 4.78 is 6.47. The van der Waals surface area contributed by atoms with E-state index in [4.69, 9.17) is 4.52 Å². The van der Waals surface area contributed by atoms with Crippen molar-refractivity contribution in [3.8, 4) is 0 Å². The van der Waals surface area contributed by atoms with E-state index in [1.807, 2.05) is 0 Å². The Morgan fingerprint density at radius 3 is 3.00 bits per heavy atom. The molecule has 2 aliphatic carbocycles. The van der Waals surface area contributed by atoms with Crippen LogP contribution in [0, 0.1) is 0 Å². The molecule has 1 aromatic carbocycles. The number of halogens is 1. The van der Waals surface area contributed by atoms with Crippen molar-refractivity contribution >= 4 is 27.6 Å². The van der Waals surface area contributed by atoms with Gasteiger partial charge in [-0.25, -0.2) is 0 Å². The van der Waals surface area contributed by atoms with Crippen molar-refractivity contribution in [2.75, 3.05) is 0 Å². The van der Waals surface area contributed by atoms with Crippen molar-refractivity contribution in [1.29, 1.82) is 0 Å². The Kier molecular flexibility index (Phi) is 2.21. The molecule has 0 unspecified atom stereocenters. The zero-order valence-corrected chi connectivity index (χ0v) is 11.3. The highest BCUT2D eigenvalue weighted by molar-refractivity contribution is 9.10. The lowest BCUT2D eigenvalue weighted by molar-refractivity contribution is 0.400. The van der Waals surface area contributed by atoms with Gasteiger partial charge in [-0.15, -0.1) is 0 Å². The third-order valence-electron chi connectivity index (χ3n) is 3.48. The molecule has 0 saturated heterocycles. The third-order valence-corrected chi connectivity index (χ3v) is 3.97. The molecule has 4 heteroatoms. The van der Waals surface area contributed by atoms with E-state index in [1.165, 1.54) is 24.0 Å². The number of hydrogen-bond acceptors (Lipinski definition) is 3. The van der Waals surface area contributed by atoms with Gasteiger partial charge in [0, 0.05) is 22.4 Å². The average molecular weight is 303 g/mol. The highest BCUT2D eigenvalue weighted by Crippen LogP contribution is 2.39. The van der Waals surface area contributed by atoms with Gasteiger partial charge in [0.25, 0.3) is 5.89 Å². The molecule has 4 rings (SSSR count). The Balaban J connectivity index is 1.68. The highest BCUT2D eigenvalue weighted by Gasteiger charge is 2.29. The maximum atomic E-state index is 5.37. The molecule has 1 aromatic heterocycles. The van der Waals surface area contributed by atoms with Crippen LogP contribution in [0.5, 0.6) is 0 Å². The maximum absolute atomic E-state index is 5.37. The number of hydrogen-bond donors (Lipinski definition) is 0. The summed E-state index contributed by atoms with van der Waals surface area (Å²) in [6.45, 7) is 0. The Bertz CT molecular complexity index is 656. The first-order chi connectivity index (χ1) is 8.79. The van der Waals surface area contributed by atoms with Crippen molar-refractivity contribution in [1.82, 2.24) is 10.1 Å². The maximum Gasteiger partial charge on any atom is 0.254 e. The van der Waals surface area contributed by atoms with Gasteiger partial charge in [-0.05, 0) is 42.2 Å². The molecular formula is C14H11BrN2O. The second-order valence-electron chi connectivity index (χ2n) is 4.92. The van der Waals surface area contributed by atoms with Gasteiger partial charge in [0.05, 0.1) is 0 Å². The van der Waals surface area contributed by atoms with Gasteiger partial charge in [0.15, 0.2) is 5.82 Å². The SMILES string of the molecule is Brc1ccc2c(c1)C=C(c1nc(C3CC3)no1)C2. The van der Waals surface area contributed by atoms with Crippen LogP contribution in [0.1, 0.15) is 41.6 Å². The number of rotatable bonds is 2. The summed E-state index contributed by atoms with van der Waals surface area (Å²) in [6, 6.07) is 6.33. The van der Waals surface area contributed by atoms with Crippen LogP contribution in [-0.4, -0.2) is 10.1 Å². The number of fused-ring (bicyclic) bond motifs is 1. The van der Waals surface area contributed by atoms with Gasteiger partial charge in [0.2, 0.25) is 0 Å². The predicted octanol–water partition coefficient (Wildman–Crippen LogP) is 3.81. The Labute approximate surface area is 113 Å². The molecule has 0 aliphatic heterocycles. The summed E-state index contributed by atoms with van der Waals surface area (Å²) in [5.74, 6) is 2.10. The summed E-state index contributed by atoms with van der Waals surface area (Å²) in [6.07, 6.45) is 5.43. The number of nitrogens with zero attached hydrogens (tertiary/aromatic N) is 2. The fourth-order valence-corrected chi connectivity index (χ4v) is 2.69. The minimum atomic E-state index is 0.543. The minimum absolute atomic E-state index is 0.543. The lowest BCUT2D eigenvalue weighted by atomic mass is 10.1. The Hall–Kier alpha value is -1.42. The number of benzene rings is 1. The van der Waals surface area contributed by atoms with Crippen LogP contribution >= 0.6 is 15.9 Å². The van der Waals surface area contributed by atoms with Crippen LogP contribution in [0.25, 0.3) is 11.6 Å². The van der Waals surface area contributed by atoms with Crippen LogP contribution in [0.3, 0.4) is 0 Å². The first kappa shape index (κ1) is 10.5. The van der Waals surface area contributed by atoms with Crippen molar-refractivity contribution in [3.63, 3.8) is 0 Å². The lowest BCUT2D eigenvalue weighted by Crippen LogP contribution is -1.87. The molecule has 0 amide bonds. The molecule has 18 heavy (non-hydrogen) atoms. The summed E-state index contributed by atoms with van der Waals surface area (Å²) >= 11 is 3.49. The highest BCUT2D eigenvalue weighted by atomic mass is 79.9. The van der Waals surface area contributed by atoms with E-state index in [1.54, 1.807) is 0 Å². The number of aromatic nitrogens is 2. The van der Waals surface area contributed by atoms with Crippen LogP contribution < -0.4 is 0 Å². The smallest absolute Gasteiger partial charge is 0.254 e.